The highest BCUT2D eigenvalue weighted by Gasteiger charge is 2.04. The van der Waals surface area contributed by atoms with E-state index in [9.17, 15) is 4.79 Å². The van der Waals surface area contributed by atoms with Crippen LogP contribution in [0.2, 0.25) is 0 Å². The molecule has 20 heavy (non-hydrogen) atoms. The maximum atomic E-state index is 11.7. The number of amides is 1. The minimum Gasteiger partial charge on any atom is -0.467 e. The van der Waals surface area contributed by atoms with Crippen LogP contribution in [0.1, 0.15) is 23.3 Å². The summed E-state index contributed by atoms with van der Waals surface area (Å²) in [5.41, 5.74) is 3.56. The molecule has 0 aliphatic rings. The van der Waals surface area contributed by atoms with Crippen LogP contribution in [0.4, 0.5) is 5.69 Å². The van der Waals surface area contributed by atoms with Crippen LogP contribution in [0.5, 0.6) is 0 Å². The number of rotatable bonds is 6. The van der Waals surface area contributed by atoms with Gasteiger partial charge in [-0.15, -0.1) is 0 Å². The number of carbonyl (C=O) groups excluding carboxylic acids is 1. The molecule has 106 valence electrons. The predicted octanol–water partition coefficient (Wildman–Crippen LogP) is 3.01. The lowest BCUT2D eigenvalue weighted by atomic mass is 10.1. The second kappa shape index (κ2) is 6.80. The van der Waals surface area contributed by atoms with Gasteiger partial charge in [0.05, 0.1) is 12.8 Å². The van der Waals surface area contributed by atoms with E-state index >= 15 is 0 Å². The number of hydrogen-bond acceptors (Lipinski definition) is 3. The Morgan fingerprint density at radius 2 is 2.05 bits per heavy atom. The molecule has 0 aliphatic carbocycles. The van der Waals surface area contributed by atoms with Gasteiger partial charge in [-0.25, -0.2) is 0 Å². The number of benzene rings is 1. The first kappa shape index (κ1) is 14.2. The van der Waals surface area contributed by atoms with Gasteiger partial charge in [0.25, 0.3) is 0 Å². The third kappa shape index (κ3) is 3.88. The second-order valence-corrected chi connectivity index (χ2v) is 4.78. The Kier molecular flexibility index (Phi) is 4.82. The third-order valence-electron chi connectivity index (χ3n) is 3.31. The SMILES string of the molecule is Cc1cccc(NCCC(=O)NCc2ccco2)c1C. The highest BCUT2D eigenvalue weighted by Crippen LogP contribution is 2.17. The summed E-state index contributed by atoms with van der Waals surface area (Å²) in [6.07, 6.45) is 2.04. The topological polar surface area (TPSA) is 54.3 Å². The van der Waals surface area contributed by atoms with Gasteiger partial charge in [0, 0.05) is 18.7 Å². The summed E-state index contributed by atoms with van der Waals surface area (Å²) in [5.74, 6) is 0.778. The van der Waals surface area contributed by atoms with Crippen molar-refractivity contribution in [1.29, 1.82) is 0 Å². The van der Waals surface area contributed by atoms with E-state index in [0.29, 0.717) is 19.5 Å². The molecule has 0 radical (unpaired) electrons. The first-order valence-corrected chi connectivity index (χ1v) is 6.76. The maximum Gasteiger partial charge on any atom is 0.222 e. The molecule has 0 fully saturated rings. The van der Waals surface area contributed by atoms with E-state index in [1.807, 2.05) is 24.3 Å². The average Bonchev–Trinajstić information content (AvgIpc) is 2.94. The Morgan fingerprint density at radius 1 is 1.20 bits per heavy atom. The number of anilines is 1. The van der Waals surface area contributed by atoms with Crippen molar-refractivity contribution in [2.45, 2.75) is 26.8 Å². The summed E-state index contributed by atoms with van der Waals surface area (Å²) in [4.78, 5) is 11.7. The predicted molar refractivity (Wildman–Crippen MR) is 79.6 cm³/mol. The largest absolute Gasteiger partial charge is 0.467 e. The van der Waals surface area contributed by atoms with Crippen LogP contribution in [0.25, 0.3) is 0 Å². The van der Waals surface area contributed by atoms with Crippen LogP contribution < -0.4 is 10.6 Å². The highest BCUT2D eigenvalue weighted by atomic mass is 16.3. The standard InChI is InChI=1S/C16H20N2O2/c1-12-5-3-7-15(13(12)2)17-9-8-16(19)18-11-14-6-4-10-20-14/h3-7,10,17H,8-9,11H2,1-2H3,(H,18,19). The molecule has 1 heterocycles. The zero-order valence-corrected chi connectivity index (χ0v) is 11.9. The van der Waals surface area contributed by atoms with E-state index in [1.54, 1.807) is 6.26 Å². The van der Waals surface area contributed by atoms with Crippen molar-refractivity contribution in [2.24, 2.45) is 0 Å². The van der Waals surface area contributed by atoms with Gasteiger partial charge >= 0.3 is 0 Å². The molecular weight excluding hydrogens is 252 g/mol. The molecule has 1 aromatic carbocycles. The molecule has 0 saturated heterocycles. The van der Waals surface area contributed by atoms with Gasteiger partial charge in [-0.3, -0.25) is 4.79 Å². The summed E-state index contributed by atoms with van der Waals surface area (Å²) in [6, 6.07) is 9.78. The van der Waals surface area contributed by atoms with Gasteiger partial charge in [-0.1, -0.05) is 12.1 Å². The second-order valence-electron chi connectivity index (χ2n) is 4.78. The third-order valence-corrected chi connectivity index (χ3v) is 3.31. The Hall–Kier alpha value is -2.23. The van der Waals surface area contributed by atoms with E-state index < -0.39 is 0 Å². The van der Waals surface area contributed by atoms with Gasteiger partial charge < -0.3 is 15.1 Å². The van der Waals surface area contributed by atoms with Crippen LogP contribution in [0.3, 0.4) is 0 Å². The summed E-state index contributed by atoms with van der Waals surface area (Å²) in [6.45, 7) is 5.22. The Morgan fingerprint density at radius 3 is 2.80 bits per heavy atom. The van der Waals surface area contributed by atoms with E-state index in [4.69, 9.17) is 4.42 Å². The molecule has 1 aromatic heterocycles. The summed E-state index contributed by atoms with van der Waals surface area (Å²) >= 11 is 0. The van der Waals surface area contributed by atoms with Crippen LogP contribution in [-0.4, -0.2) is 12.5 Å². The molecule has 2 rings (SSSR count). The summed E-state index contributed by atoms with van der Waals surface area (Å²) in [5, 5.41) is 6.12. The molecule has 2 N–H and O–H groups in total. The van der Waals surface area contributed by atoms with Crippen molar-refractivity contribution in [1.82, 2.24) is 5.32 Å². The molecule has 0 spiro atoms. The Labute approximate surface area is 119 Å². The van der Waals surface area contributed by atoms with Gasteiger partial charge in [0.15, 0.2) is 0 Å². The van der Waals surface area contributed by atoms with Gasteiger partial charge in [0.2, 0.25) is 5.91 Å². The monoisotopic (exact) mass is 272 g/mol. The fourth-order valence-corrected chi connectivity index (χ4v) is 1.94. The minimum atomic E-state index is 0.0132. The van der Waals surface area contributed by atoms with Crippen molar-refractivity contribution in [3.05, 3.63) is 53.5 Å². The first-order valence-electron chi connectivity index (χ1n) is 6.76. The van der Waals surface area contributed by atoms with E-state index in [2.05, 4.69) is 30.5 Å². The molecule has 0 atom stereocenters. The first-order chi connectivity index (χ1) is 9.66. The van der Waals surface area contributed by atoms with E-state index in [0.717, 1.165) is 11.4 Å². The number of furan rings is 1. The van der Waals surface area contributed by atoms with Crippen LogP contribution in [0, 0.1) is 13.8 Å². The maximum absolute atomic E-state index is 11.7. The van der Waals surface area contributed by atoms with Gasteiger partial charge in [-0.05, 0) is 43.2 Å². The molecule has 0 bridgehead atoms. The fourth-order valence-electron chi connectivity index (χ4n) is 1.94. The fraction of sp³-hybridized carbons (Fsp3) is 0.312. The molecule has 0 saturated carbocycles. The van der Waals surface area contributed by atoms with Gasteiger partial charge in [0.1, 0.15) is 5.76 Å². The van der Waals surface area contributed by atoms with E-state index in [1.165, 1.54) is 11.1 Å². The number of aryl methyl sites for hydroxylation is 1. The zero-order chi connectivity index (χ0) is 14.4. The smallest absolute Gasteiger partial charge is 0.222 e. The number of carbonyl (C=O) groups is 1. The van der Waals surface area contributed by atoms with Crippen LogP contribution in [0.15, 0.2) is 41.0 Å². The zero-order valence-electron chi connectivity index (χ0n) is 11.9. The quantitative estimate of drug-likeness (QED) is 0.850. The van der Waals surface area contributed by atoms with Crippen molar-refractivity contribution < 1.29 is 9.21 Å². The summed E-state index contributed by atoms with van der Waals surface area (Å²) < 4.78 is 5.16. The molecule has 0 aliphatic heterocycles. The highest BCUT2D eigenvalue weighted by molar-refractivity contribution is 5.76. The molecule has 0 unspecified atom stereocenters. The normalized spacial score (nSPS) is 10.3. The minimum absolute atomic E-state index is 0.0132. The molecule has 1 amide bonds. The molecule has 2 aromatic rings. The lowest BCUT2D eigenvalue weighted by molar-refractivity contribution is -0.121. The lowest BCUT2D eigenvalue weighted by Gasteiger charge is -2.11. The Balaban J connectivity index is 1.72. The van der Waals surface area contributed by atoms with Crippen molar-refractivity contribution in [3.63, 3.8) is 0 Å². The van der Waals surface area contributed by atoms with Crippen molar-refractivity contribution in [2.75, 3.05) is 11.9 Å². The number of nitrogens with one attached hydrogen (secondary N) is 2. The molecule has 4 nitrogen and oxygen atoms in total. The number of hydrogen-bond donors (Lipinski definition) is 2. The summed E-state index contributed by atoms with van der Waals surface area (Å²) in [7, 11) is 0. The average molecular weight is 272 g/mol. The molecule has 4 heteroatoms. The van der Waals surface area contributed by atoms with E-state index in [-0.39, 0.29) is 5.91 Å². The van der Waals surface area contributed by atoms with Crippen LogP contribution in [-0.2, 0) is 11.3 Å². The van der Waals surface area contributed by atoms with Crippen LogP contribution >= 0.6 is 0 Å². The van der Waals surface area contributed by atoms with Gasteiger partial charge in [-0.2, -0.15) is 0 Å². The molecular formula is C16H20N2O2. The lowest BCUT2D eigenvalue weighted by Crippen LogP contribution is -2.24. The van der Waals surface area contributed by atoms with Crippen molar-refractivity contribution in [3.8, 4) is 0 Å². The Bertz CT molecular complexity index is 562. The van der Waals surface area contributed by atoms with Crippen molar-refractivity contribution >= 4 is 11.6 Å².